The second kappa shape index (κ2) is 18.0. The molecule has 88 heavy (non-hydrogen) atoms. The highest BCUT2D eigenvalue weighted by molar-refractivity contribution is 7.26. The van der Waals surface area contributed by atoms with E-state index in [1.807, 2.05) is 22.7 Å². The van der Waals surface area contributed by atoms with Crippen LogP contribution in [0, 0.1) is 0 Å². The molecule has 17 rings (SSSR count). The number of fused-ring (bicyclic) bond motifs is 17. The van der Waals surface area contributed by atoms with Crippen molar-refractivity contribution in [1.29, 1.82) is 0 Å². The van der Waals surface area contributed by atoms with E-state index in [4.69, 9.17) is 0 Å². The lowest BCUT2D eigenvalue weighted by molar-refractivity contribution is 0.332. The van der Waals surface area contributed by atoms with Crippen molar-refractivity contribution in [2.75, 3.05) is 9.71 Å². The van der Waals surface area contributed by atoms with Gasteiger partial charge in [-0.3, -0.25) is 0 Å². The van der Waals surface area contributed by atoms with Crippen LogP contribution in [-0.2, 0) is 32.5 Å². The number of thiophene rings is 2. The first-order valence-corrected chi connectivity index (χ1v) is 34.0. The number of rotatable bonds is 4. The van der Waals surface area contributed by atoms with Crippen molar-refractivity contribution in [3.05, 3.63) is 203 Å². The molecule has 13 aromatic rings. The fraction of sp³-hybridized carbons (Fsp3) is 0.293. The maximum absolute atomic E-state index is 2.85. The third kappa shape index (κ3) is 7.73. The monoisotopic (exact) mass is 1180 g/mol. The van der Waals surface area contributed by atoms with Gasteiger partial charge < -0.3 is 14.3 Å². The molecule has 3 nitrogen and oxygen atoms in total. The van der Waals surface area contributed by atoms with E-state index < -0.39 is 0 Å². The van der Waals surface area contributed by atoms with E-state index in [1.54, 1.807) is 0 Å². The molecule has 0 amide bonds. The quantitative estimate of drug-likeness (QED) is 0.163. The van der Waals surface area contributed by atoms with Crippen molar-refractivity contribution in [2.45, 2.75) is 155 Å². The van der Waals surface area contributed by atoms with E-state index in [-0.39, 0.29) is 39.3 Å². The van der Waals surface area contributed by atoms with Gasteiger partial charge in [-0.15, -0.1) is 22.7 Å². The average Bonchev–Trinajstić information content (AvgIpc) is 1.34. The molecule has 0 unspecified atom stereocenters. The third-order valence-corrected chi connectivity index (χ3v) is 24.2. The molecule has 0 spiro atoms. The summed E-state index contributed by atoms with van der Waals surface area (Å²) in [6, 6.07) is 68.1. The summed E-state index contributed by atoms with van der Waals surface area (Å²) in [6.07, 6.45) is 4.71. The van der Waals surface area contributed by atoms with E-state index in [1.165, 1.54) is 165 Å². The van der Waals surface area contributed by atoms with E-state index in [0.717, 1.165) is 23.5 Å². The number of aromatic nitrogens is 1. The second-order valence-corrected chi connectivity index (χ2v) is 33.6. The summed E-state index contributed by atoms with van der Waals surface area (Å²) in [5.74, 6) is 0. The molecule has 5 heterocycles. The molecule has 0 bridgehead atoms. The van der Waals surface area contributed by atoms with Crippen LogP contribution in [0.15, 0.2) is 170 Å². The second-order valence-electron chi connectivity index (χ2n) is 31.4. The zero-order chi connectivity index (χ0) is 60.7. The number of anilines is 5. The summed E-state index contributed by atoms with van der Waals surface area (Å²) in [7, 11) is 0. The average molecular weight is 1180 g/mol. The number of benzene rings is 10. The Morgan fingerprint density at radius 1 is 0.420 bits per heavy atom. The summed E-state index contributed by atoms with van der Waals surface area (Å²) in [6.45, 7) is 33.6. The molecule has 0 fully saturated rings. The number of hydrogen-bond acceptors (Lipinski definition) is 4. The van der Waals surface area contributed by atoms with Gasteiger partial charge in [-0.2, -0.15) is 0 Å². The summed E-state index contributed by atoms with van der Waals surface area (Å²) in [4.78, 5) is 5.41. The van der Waals surface area contributed by atoms with Gasteiger partial charge >= 0.3 is 6.85 Å². The first-order valence-electron chi connectivity index (χ1n) is 32.3. The Balaban J connectivity index is 1.05. The summed E-state index contributed by atoms with van der Waals surface area (Å²) in [5.41, 5.74) is 24.0. The fourth-order valence-electron chi connectivity index (χ4n) is 16.6. The fourth-order valence-corrected chi connectivity index (χ4v) is 18.9. The van der Waals surface area contributed by atoms with E-state index in [2.05, 4.69) is 281 Å². The smallest absolute Gasteiger partial charge is 0.333 e. The highest BCUT2D eigenvalue weighted by atomic mass is 32.1. The van der Waals surface area contributed by atoms with Gasteiger partial charge in [0.05, 0.1) is 11.0 Å². The SMILES string of the molecule is CC(C)(C)c1ccc(N(c2ccc(C(C)(C)C)cc2)c2cc3c4c(c2)-n2c5cc6ccccc6cc5c5cccc(c52)B4N(c2cccc4sc5cc6c(cc5c24)C(C)(C)CCC6(C)C)c2ccc4sc5cc6c(cc5c4c2-3)C(C)(C)CCC6(C)C)cc1. The Hall–Kier alpha value is -7.64. The Morgan fingerprint density at radius 3 is 1.51 bits per heavy atom. The minimum absolute atomic E-state index is 0.00214. The van der Waals surface area contributed by atoms with Crippen LogP contribution in [0.5, 0.6) is 0 Å². The van der Waals surface area contributed by atoms with Gasteiger partial charge in [-0.1, -0.05) is 170 Å². The largest absolute Gasteiger partial charge is 0.376 e. The molecule has 6 heteroatoms. The zero-order valence-electron chi connectivity index (χ0n) is 53.7. The lowest BCUT2D eigenvalue weighted by atomic mass is 9.43. The van der Waals surface area contributed by atoms with E-state index in [0.29, 0.717) is 0 Å². The van der Waals surface area contributed by atoms with E-state index in [9.17, 15) is 0 Å². The predicted molar refractivity (Wildman–Crippen MR) is 386 cm³/mol. The Kier molecular flexibility index (Phi) is 11.2. The first kappa shape index (κ1) is 54.5. The molecule has 0 atom stereocenters. The highest BCUT2D eigenvalue weighted by Gasteiger charge is 2.47. The van der Waals surface area contributed by atoms with Gasteiger partial charge in [0.2, 0.25) is 0 Å². The summed E-state index contributed by atoms with van der Waals surface area (Å²) < 4.78 is 8.13. The number of hydrogen-bond donors (Lipinski definition) is 0. The van der Waals surface area contributed by atoms with Gasteiger partial charge in [0.1, 0.15) is 0 Å². The topological polar surface area (TPSA) is 11.4 Å². The highest BCUT2D eigenvalue weighted by Crippen LogP contribution is 2.57. The Morgan fingerprint density at radius 2 is 0.943 bits per heavy atom. The standard InChI is InChI=1S/C82H78BN3S2/c1-77(2,3)49-25-29-51(30-26-49)84(52-31-27-50(28-32-52)78(4,5)6)53-41-58-73-65(33-34-69-74(73)57-44-60-62(46-71(57)88-69)82(13,14)38-36-80(60,9)10)86(64-23-18-24-68-72(64)56-43-59-61(45-70(56)87-68)81(11,12)37-35-79(59,7)8)83-63-22-17-21-54-55-39-47-19-15-16-20-48(47)40-66(55)85(76(54)63)67(42-53)75(58)83/h15-34,39-46H,35-38H2,1-14H3. The summed E-state index contributed by atoms with van der Waals surface area (Å²) >= 11 is 3.97. The van der Waals surface area contributed by atoms with Crippen molar-refractivity contribution >= 4 is 142 Å². The molecule has 0 radical (unpaired) electrons. The van der Waals surface area contributed by atoms with Crippen LogP contribution in [-0.4, -0.2) is 11.4 Å². The third-order valence-electron chi connectivity index (χ3n) is 22.0. The maximum Gasteiger partial charge on any atom is 0.333 e. The van der Waals surface area contributed by atoms with Gasteiger partial charge in [0.25, 0.3) is 0 Å². The van der Waals surface area contributed by atoms with Crippen LogP contribution in [0.4, 0.5) is 28.4 Å². The number of nitrogens with zero attached hydrogens (tertiary/aromatic N) is 3. The molecular formula is C82H78BN3S2. The van der Waals surface area contributed by atoms with Gasteiger partial charge in [0.15, 0.2) is 0 Å². The molecule has 0 N–H and O–H groups in total. The normalized spacial score (nSPS) is 17.1. The molecule has 3 aromatic heterocycles. The van der Waals surface area contributed by atoms with Gasteiger partial charge in [-0.05, 0) is 216 Å². The molecule has 2 aliphatic heterocycles. The lowest BCUT2D eigenvalue weighted by Crippen LogP contribution is -2.60. The van der Waals surface area contributed by atoms with Crippen LogP contribution >= 0.6 is 22.7 Å². The van der Waals surface area contributed by atoms with Crippen LogP contribution < -0.4 is 20.6 Å². The molecular weight excluding hydrogens is 1100 g/mol. The lowest BCUT2D eigenvalue weighted by Gasteiger charge is -2.43. The minimum atomic E-state index is -0.171. The molecule has 4 aliphatic rings. The first-order chi connectivity index (χ1) is 41.8. The van der Waals surface area contributed by atoms with Crippen LogP contribution in [0.3, 0.4) is 0 Å². The molecule has 10 aromatic carbocycles. The van der Waals surface area contributed by atoms with Crippen molar-refractivity contribution in [3.8, 4) is 16.8 Å². The van der Waals surface area contributed by atoms with E-state index >= 15 is 0 Å². The molecule has 2 aliphatic carbocycles. The van der Waals surface area contributed by atoms with Crippen LogP contribution in [0.2, 0.25) is 0 Å². The summed E-state index contributed by atoms with van der Waals surface area (Å²) in [5, 5.41) is 10.6. The zero-order valence-corrected chi connectivity index (χ0v) is 55.4. The van der Waals surface area contributed by atoms with Crippen molar-refractivity contribution in [3.63, 3.8) is 0 Å². The minimum Gasteiger partial charge on any atom is -0.376 e. The van der Waals surface area contributed by atoms with Gasteiger partial charge in [-0.25, -0.2) is 0 Å². The Labute approximate surface area is 527 Å². The van der Waals surface area contributed by atoms with Crippen LogP contribution in [0.1, 0.15) is 156 Å². The van der Waals surface area contributed by atoms with Crippen molar-refractivity contribution in [1.82, 2.24) is 4.57 Å². The van der Waals surface area contributed by atoms with Gasteiger partial charge in [0, 0.05) is 90.8 Å². The molecule has 436 valence electrons. The van der Waals surface area contributed by atoms with Crippen molar-refractivity contribution in [2.24, 2.45) is 0 Å². The number of para-hydroxylation sites is 1. The maximum atomic E-state index is 2.85. The molecule has 0 saturated carbocycles. The van der Waals surface area contributed by atoms with Crippen molar-refractivity contribution < 1.29 is 0 Å². The predicted octanol–water partition coefficient (Wildman–Crippen LogP) is 22.7. The van der Waals surface area contributed by atoms with Crippen LogP contribution in [0.25, 0.3) is 89.7 Å². The molecule has 0 saturated heterocycles. The Bertz CT molecular complexity index is 5120.